The lowest BCUT2D eigenvalue weighted by atomic mass is 10.1. The third-order valence-electron chi connectivity index (χ3n) is 5.36. The highest BCUT2D eigenvalue weighted by Crippen LogP contribution is 2.31. The van der Waals surface area contributed by atoms with Gasteiger partial charge in [0.2, 0.25) is 0 Å². The van der Waals surface area contributed by atoms with Gasteiger partial charge in [0.15, 0.2) is 0 Å². The van der Waals surface area contributed by atoms with Gasteiger partial charge in [0.05, 0.1) is 36.8 Å². The van der Waals surface area contributed by atoms with Gasteiger partial charge in [-0.3, -0.25) is 0 Å². The van der Waals surface area contributed by atoms with Gasteiger partial charge in [-0.2, -0.15) is 0 Å². The molecule has 1 aromatic heterocycles. The van der Waals surface area contributed by atoms with E-state index in [0.29, 0.717) is 16.6 Å². The Balaban J connectivity index is 1.79. The first-order chi connectivity index (χ1) is 15.8. The Morgan fingerprint density at radius 1 is 0.970 bits per heavy atom. The molecule has 0 radical (unpaired) electrons. The number of anilines is 1. The molecule has 3 aromatic rings. The first-order valence-corrected chi connectivity index (χ1v) is 11.4. The van der Waals surface area contributed by atoms with E-state index in [-0.39, 0.29) is 29.5 Å². The number of nitrogens with zero attached hydrogens (tertiary/aromatic N) is 2. The Morgan fingerprint density at radius 2 is 1.67 bits per heavy atom. The molecule has 33 heavy (non-hydrogen) atoms. The Hall–Kier alpha value is -3.63. The highest BCUT2D eigenvalue weighted by atomic mass is 32.2. The molecule has 172 valence electrons. The van der Waals surface area contributed by atoms with E-state index in [4.69, 9.17) is 14.2 Å². The topological polar surface area (TPSA) is 104 Å². The molecule has 0 saturated carbocycles. The maximum Gasteiger partial charge on any atom is 0.355 e. The predicted molar refractivity (Wildman–Crippen MR) is 120 cm³/mol. The summed E-state index contributed by atoms with van der Waals surface area (Å²) in [5, 5.41) is 0.623. The van der Waals surface area contributed by atoms with Crippen molar-refractivity contribution in [2.45, 2.75) is 11.8 Å². The van der Waals surface area contributed by atoms with Crippen molar-refractivity contribution >= 4 is 38.6 Å². The summed E-state index contributed by atoms with van der Waals surface area (Å²) in [6.45, 7) is 1.79. The van der Waals surface area contributed by atoms with Crippen LogP contribution in [-0.2, 0) is 33.8 Å². The summed E-state index contributed by atoms with van der Waals surface area (Å²) in [6.07, 6.45) is 1.48. The maximum absolute atomic E-state index is 13.2. The van der Waals surface area contributed by atoms with Gasteiger partial charge in [-0.25, -0.2) is 22.0 Å². The second-order valence-electron chi connectivity index (χ2n) is 7.39. The molecule has 0 aliphatic carbocycles. The Kier molecular flexibility index (Phi) is 5.96. The fourth-order valence-corrected chi connectivity index (χ4v) is 5.01. The minimum Gasteiger partial charge on any atom is -0.466 e. The molecular weight excluding hydrogens is 448 g/mol. The average molecular weight is 471 g/mol. The molecule has 0 bridgehead atoms. The first-order valence-electron chi connectivity index (χ1n) is 9.96. The van der Waals surface area contributed by atoms with E-state index in [0.717, 1.165) is 5.56 Å². The summed E-state index contributed by atoms with van der Waals surface area (Å²) in [6, 6.07) is 13.3. The number of hydrogen-bond donors (Lipinski definition) is 0. The third kappa shape index (κ3) is 3.98. The smallest absolute Gasteiger partial charge is 0.355 e. The van der Waals surface area contributed by atoms with Crippen LogP contribution in [-0.4, -0.2) is 51.9 Å². The van der Waals surface area contributed by atoms with Crippen molar-refractivity contribution in [3.63, 3.8) is 0 Å². The molecule has 2 aromatic carbocycles. The van der Waals surface area contributed by atoms with Gasteiger partial charge in [0, 0.05) is 17.3 Å². The van der Waals surface area contributed by atoms with E-state index in [9.17, 15) is 18.0 Å². The number of fused-ring (bicyclic) bond motifs is 1. The van der Waals surface area contributed by atoms with E-state index in [1.54, 1.807) is 48.5 Å². The van der Waals surface area contributed by atoms with Gasteiger partial charge >= 0.3 is 11.9 Å². The van der Waals surface area contributed by atoms with Gasteiger partial charge in [-0.05, 0) is 43.3 Å². The minimum atomic E-state index is -3.79. The van der Waals surface area contributed by atoms with Crippen molar-refractivity contribution < 1.29 is 32.2 Å². The van der Waals surface area contributed by atoms with Gasteiger partial charge in [-0.15, -0.1) is 0 Å². The number of aromatic nitrogens is 1. The maximum atomic E-state index is 13.2. The number of methoxy groups -OCH3 is 2. The number of rotatable bonds is 5. The summed E-state index contributed by atoms with van der Waals surface area (Å²) >= 11 is 0. The molecule has 0 N–H and O–H groups in total. The number of hydrogen-bond acceptors (Lipinski definition) is 8. The second-order valence-corrected chi connectivity index (χ2v) is 9.20. The van der Waals surface area contributed by atoms with Gasteiger partial charge in [0.1, 0.15) is 12.4 Å². The van der Waals surface area contributed by atoms with Crippen LogP contribution in [0.1, 0.15) is 5.56 Å². The molecule has 0 fully saturated rings. The van der Waals surface area contributed by atoms with Crippen LogP contribution >= 0.6 is 0 Å². The first kappa shape index (κ1) is 22.6. The monoisotopic (exact) mass is 470 g/mol. The SMILES string of the molecule is COC(=O)C1=C(C(=O)OC)N(c2ccc3c(ccn3S(=O)(=O)c3ccc(C)cc3)c2)COC1. The van der Waals surface area contributed by atoms with Gasteiger partial charge in [-0.1, -0.05) is 17.7 Å². The highest BCUT2D eigenvalue weighted by molar-refractivity contribution is 7.90. The average Bonchev–Trinajstić information content (AvgIpc) is 3.27. The summed E-state index contributed by atoms with van der Waals surface area (Å²) in [7, 11) is -1.36. The number of esters is 2. The molecular formula is C23H22N2O7S. The lowest BCUT2D eigenvalue weighted by Crippen LogP contribution is -2.38. The Bertz CT molecular complexity index is 1370. The van der Waals surface area contributed by atoms with E-state index < -0.39 is 22.0 Å². The number of aryl methyl sites for hydroxylation is 1. The zero-order chi connectivity index (χ0) is 23.8. The summed E-state index contributed by atoms with van der Waals surface area (Å²) in [4.78, 5) is 26.4. The van der Waals surface area contributed by atoms with E-state index >= 15 is 0 Å². The van der Waals surface area contributed by atoms with E-state index in [2.05, 4.69) is 0 Å². The molecule has 2 heterocycles. The summed E-state index contributed by atoms with van der Waals surface area (Å²) in [5.74, 6) is -1.41. The van der Waals surface area contributed by atoms with Crippen LogP contribution in [0, 0.1) is 6.92 Å². The van der Waals surface area contributed by atoms with Crippen LogP contribution in [0.15, 0.2) is 70.9 Å². The summed E-state index contributed by atoms with van der Waals surface area (Å²) < 4.78 is 42.7. The lowest BCUT2D eigenvalue weighted by Gasteiger charge is -2.31. The standard InChI is InChI=1S/C23H22N2O7S/c1-15-4-7-18(8-5-15)33(28,29)25-11-10-16-12-17(6-9-20(16)25)24-14-32-13-19(22(26)30-2)21(24)23(27)31-3/h4-12H,13-14H2,1-3H3. The fraction of sp³-hybridized carbons (Fsp3) is 0.217. The van der Waals surface area contributed by atoms with Crippen LogP contribution < -0.4 is 4.90 Å². The fourth-order valence-electron chi connectivity index (χ4n) is 3.65. The number of carbonyl (C=O) groups excluding carboxylic acids is 2. The summed E-state index contributed by atoms with van der Waals surface area (Å²) in [5.41, 5.74) is 2.00. The normalized spacial score (nSPS) is 14.5. The molecule has 0 saturated heterocycles. The van der Waals surface area contributed by atoms with Crippen LogP contribution in [0.25, 0.3) is 10.9 Å². The molecule has 0 spiro atoms. The van der Waals surface area contributed by atoms with Crippen molar-refractivity contribution in [3.05, 3.63) is 71.6 Å². The van der Waals surface area contributed by atoms with Crippen LogP contribution in [0.2, 0.25) is 0 Å². The van der Waals surface area contributed by atoms with Crippen molar-refractivity contribution in [1.82, 2.24) is 3.97 Å². The molecule has 9 nitrogen and oxygen atoms in total. The zero-order valence-electron chi connectivity index (χ0n) is 18.3. The quantitative estimate of drug-likeness (QED) is 0.524. The van der Waals surface area contributed by atoms with Crippen molar-refractivity contribution in [1.29, 1.82) is 0 Å². The number of benzene rings is 2. The number of carbonyl (C=O) groups is 2. The second kappa shape index (κ2) is 8.72. The van der Waals surface area contributed by atoms with Crippen molar-refractivity contribution in [3.8, 4) is 0 Å². The molecule has 1 aliphatic rings. The molecule has 4 rings (SSSR count). The van der Waals surface area contributed by atoms with Crippen LogP contribution in [0.3, 0.4) is 0 Å². The third-order valence-corrected chi connectivity index (χ3v) is 7.06. The largest absolute Gasteiger partial charge is 0.466 e. The van der Waals surface area contributed by atoms with Gasteiger partial charge in [0.25, 0.3) is 10.0 Å². The minimum absolute atomic E-state index is 0.00118. The lowest BCUT2D eigenvalue weighted by molar-refractivity contribution is -0.140. The van der Waals surface area contributed by atoms with Crippen molar-refractivity contribution in [2.75, 3.05) is 32.5 Å². The Labute approximate surface area is 190 Å². The van der Waals surface area contributed by atoms with Crippen molar-refractivity contribution in [2.24, 2.45) is 0 Å². The Morgan fingerprint density at radius 3 is 2.33 bits per heavy atom. The van der Waals surface area contributed by atoms with Gasteiger partial charge < -0.3 is 19.1 Å². The molecule has 10 heteroatoms. The molecule has 0 unspecified atom stereocenters. The highest BCUT2D eigenvalue weighted by Gasteiger charge is 2.32. The molecule has 0 amide bonds. The number of ether oxygens (including phenoxy) is 3. The van der Waals surface area contributed by atoms with Crippen LogP contribution in [0.5, 0.6) is 0 Å². The zero-order valence-corrected chi connectivity index (χ0v) is 19.1. The predicted octanol–water partition coefficient (Wildman–Crippen LogP) is 2.58. The van der Waals surface area contributed by atoms with Crippen LogP contribution in [0.4, 0.5) is 5.69 Å². The van der Waals surface area contributed by atoms with E-state index in [1.165, 1.54) is 29.3 Å². The van der Waals surface area contributed by atoms with E-state index in [1.807, 2.05) is 6.92 Å². The molecule has 1 aliphatic heterocycles. The molecule has 0 atom stereocenters.